The van der Waals surface area contributed by atoms with Crippen molar-refractivity contribution in [3.05, 3.63) is 177 Å². The van der Waals surface area contributed by atoms with Crippen LogP contribution in [0.25, 0.3) is 43.9 Å². The van der Waals surface area contributed by atoms with E-state index in [0.717, 1.165) is 28.1 Å². The van der Waals surface area contributed by atoms with Gasteiger partial charge < -0.3 is 40.7 Å². The van der Waals surface area contributed by atoms with Gasteiger partial charge in [-0.25, -0.2) is 14.7 Å². The zero-order chi connectivity index (χ0) is 39.6. The lowest BCUT2D eigenvalue weighted by molar-refractivity contribution is 0.516. The Balaban J connectivity index is 1.07. The van der Waals surface area contributed by atoms with Crippen LogP contribution in [0.4, 0.5) is 63.9 Å². The molecule has 0 aliphatic heterocycles. The van der Waals surface area contributed by atoms with Crippen LogP contribution in [0.3, 0.4) is 0 Å². The molecule has 0 fully saturated rings. The summed E-state index contributed by atoms with van der Waals surface area (Å²) >= 11 is 0. The maximum Gasteiger partial charge on any atom is 0.253 e. The van der Waals surface area contributed by atoms with Crippen molar-refractivity contribution in [3.63, 3.8) is 0 Å². The lowest BCUT2D eigenvalue weighted by Gasteiger charge is -2.22. The number of benzene rings is 4. The van der Waals surface area contributed by atoms with E-state index in [-0.39, 0.29) is 0 Å². The van der Waals surface area contributed by atoms with Gasteiger partial charge in [-0.3, -0.25) is 0 Å². The third-order valence-electron chi connectivity index (χ3n) is 10.3. The highest BCUT2D eigenvalue weighted by Crippen LogP contribution is 2.54. The number of hydrogen-bond donors (Lipinski definition) is 1. The van der Waals surface area contributed by atoms with E-state index in [0.29, 0.717) is 79.7 Å². The molecule has 0 atom stereocenters. The molecular weight excluding hydrogens is 761 g/mol. The first-order chi connectivity index (χ1) is 29.8. The number of anilines is 11. The van der Waals surface area contributed by atoms with Gasteiger partial charge in [0.05, 0.1) is 63.7 Å². The molecule has 60 heavy (non-hydrogen) atoms. The summed E-state index contributed by atoms with van der Waals surface area (Å²) < 4.78 is 51.5. The second kappa shape index (κ2) is 13.5. The van der Waals surface area contributed by atoms with Gasteiger partial charge in [0.25, 0.3) is 17.7 Å². The fourth-order valence-corrected chi connectivity index (χ4v) is 7.68. The van der Waals surface area contributed by atoms with Gasteiger partial charge in [0, 0.05) is 5.69 Å². The molecule has 0 aliphatic rings. The van der Waals surface area contributed by atoms with Gasteiger partial charge >= 0.3 is 0 Å². The van der Waals surface area contributed by atoms with Gasteiger partial charge in [0.1, 0.15) is 6.26 Å². The SMILES string of the molecule is c1ccc(Nc2oc(N(c3ccccc3)c3oc(N(c4ccccc4)c4oc(N(c5ccccc5)c5occ6ccoc56)c5ccoc45)c4ccoc34)c3ccoc23)cc1. The molecule has 0 bridgehead atoms. The molecule has 1 N–H and O–H groups in total. The number of para-hydroxylation sites is 4. The average Bonchev–Trinajstić information content (AvgIpc) is 4.14. The number of rotatable bonds is 11. The standard InChI is InChI=1S/C48H30N4O8/c1-5-13-31(14-6-1)49-42-39-35(22-26-54-39)43(58-42)51(33-17-9-3-10-18-33)47-41-37(24-28-56-41)45(60-47)52(34-19-11-4-12-20-34)48-40-36(23-27-55-40)44(59-48)50(32-15-7-2-8-16-32)46-38-30(29-57-46)21-25-53-38/h1-29,49H. The third kappa shape index (κ3) is 5.24. The Labute approximate surface area is 339 Å². The molecule has 4 aromatic carbocycles. The van der Waals surface area contributed by atoms with E-state index < -0.39 is 0 Å². The lowest BCUT2D eigenvalue weighted by atomic mass is 10.2. The van der Waals surface area contributed by atoms with Crippen molar-refractivity contribution in [2.45, 2.75) is 0 Å². The van der Waals surface area contributed by atoms with E-state index in [9.17, 15) is 0 Å². The molecule has 12 nitrogen and oxygen atoms in total. The van der Waals surface area contributed by atoms with Gasteiger partial charge in [-0.1, -0.05) is 72.8 Å². The molecule has 8 heterocycles. The van der Waals surface area contributed by atoms with E-state index in [1.54, 1.807) is 31.3 Å². The summed E-state index contributed by atoms with van der Waals surface area (Å²) in [6, 6.07) is 46.6. The molecule has 290 valence electrons. The summed E-state index contributed by atoms with van der Waals surface area (Å²) in [5, 5.41) is 6.25. The summed E-state index contributed by atoms with van der Waals surface area (Å²) in [5.41, 5.74) is 5.13. The van der Waals surface area contributed by atoms with E-state index in [1.807, 2.05) is 160 Å². The molecule has 8 aromatic heterocycles. The predicted molar refractivity (Wildman–Crippen MR) is 228 cm³/mol. The van der Waals surface area contributed by atoms with E-state index in [4.69, 9.17) is 35.3 Å². The van der Waals surface area contributed by atoms with Gasteiger partial charge in [0.2, 0.25) is 23.5 Å². The average molecular weight is 791 g/mol. The molecule has 12 heteroatoms. The van der Waals surface area contributed by atoms with Crippen molar-refractivity contribution in [2.75, 3.05) is 20.0 Å². The summed E-state index contributed by atoms with van der Waals surface area (Å²) in [6.45, 7) is 0. The third-order valence-corrected chi connectivity index (χ3v) is 10.3. The van der Waals surface area contributed by atoms with Crippen LogP contribution in [0.2, 0.25) is 0 Å². The van der Waals surface area contributed by atoms with Gasteiger partial charge in [-0.2, -0.15) is 0 Å². The monoisotopic (exact) mass is 790 g/mol. The molecule has 12 aromatic rings. The van der Waals surface area contributed by atoms with Gasteiger partial charge in [0.15, 0.2) is 22.3 Å². The van der Waals surface area contributed by atoms with E-state index >= 15 is 0 Å². The minimum atomic E-state index is 0.346. The van der Waals surface area contributed by atoms with Crippen molar-refractivity contribution < 1.29 is 35.3 Å². The fourth-order valence-electron chi connectivity index (χ4n) is 7.68. The summed E-state index contributed by atoms with van der Waals surface area (Å²) in [6.07, 6.45) is 8.20. The smallest absolute Gasteiger partial charge is 0.253 e. The molecule has 0 spiro atoms. The second-order valence-electron chi connectivity index (χ2n) is 13.9. The number of fused-ring (bicyclic) bond motifs is 4. The summed E-state index contributed by atoms with van der Waals surface area (Å²) in [4.78, 5) is 5.64. The highest BCUT2D eigenvalue weighted by Gasteiger charge is 2.36. The number of furan rings is 8. The highest BCUT2D eigenvalue weighted by molar-refractivity contribution is 6.08. The van der Waals surface area contributed by atoms with Gasteiger partial charge in [-0.05, 0) is 72.8 Å². The van der Waals surface area contributed by atoms with Crippen LogP contribution < -0.4 is 20.0 Å². The normalized spacial score (nSPS) is 11.7. The Morgan fingerprint density at radius 1 is 0.333 bits per heavy atom. The Kier molecular flexibility index (Phi) is 7.53. The first-order valence-corrected chi connectivity index (χ1v) is 19.1. The fraction of sp³-hybridized carbons (Fsp3) is 0. The van der Waals surface area contributed by atoms with Crippen molar-refractivity contribution in [2.24, 2.45) is 0 Å². The molecule has 0 unspecified atom stereocenters. The molecule has 0 saturated carbocycles. The van der Waals surface area contributed by atoms with Crippen LogP contribution in [-0.4, -0.2) is 0 Å². The minimum Gasteiger partial charge on any atom is -0.459 e. The molecule has 0 aliphatic carbocycles. The Morgan fingerprint density at radius 2 is 0.750 bits per heavy atom. The quantitative estimate of drug-likeness (QED) is 0.134. The van der Waals surface area contributed by atoms with Crippen molar-refractivity contribution >= 4 is 108 Å². The topological polar surface area (TPSA) is 127 Å². The Hall–Kier alpha value is -8.64. The molecule has 12 rings (SSSR count). The highest BCUT2D eigenvalue weighted by atomic mass is 16.4. The first-order valence-electron chi connectivity index (χ1n) is 19.1. The largest absolute Gasteiger partial charge is 0.459 e. The Bertz CT molecular complexity index is 3380. The van der Waals surface area contributed by atoms with Crippen LogP contribution >= 0.6 is 0 Å². The minimum absolute atomic E-state index is 0.346. The molecular formula is C48H30N4O8. The molecule has 0 amide bonds. The zero-order valence-corrected chi connectivity index (χ0v) is 31.4. The van der Waals surface area contributed by atoms with Crippen LogP contribution in [0, 0.1) is 0 Å². The van der Waals surface area contributed by atoms with Crippen molar-refractivity contribution in [3.8, 4) is 0 Å². The second-order valence-corrected chi connectivity index (χ2v) is 13.9. The molecule has 0 saturated heterocycles. The van der Waals surface area contributed by atoms with Crippen LogP contribution in [0.1, 0.15) is 0 Å². The maximum absolute atomic E-state index is 7.10. The van der Waals surface area contributed by atoms with Crippen molar-refractivity contribution in [1.82, 2.24) is 0 Å². The zero-order valence-electron chi connectivity index (χ0n) is 31.4. The van der Waals surface area contributed by atoms with Crippen LogP contribution in [0.5, 0.6) is 0 Å². The number of nitrogens with one attached hydrogen (secondary N) is 1. The van der Waals surface area contributed by atoms with Gasteiger partial charge in [-0.15, -0.1) is 0 Å². The summed E-state index contributed by atoms with van der Waals surface area (Å²) in [7, 11) is 0. The first kappa shape index (κ1) is 33.5. The van der Waals surface area contributed by atoms with Crippen LogP contribution in [0.15, 0.2) is 212 Å². The van der Waals surface area contributed by atoms with Crippen LogP contribution in [-0.2, 0) is 0 Å². The maximum atomic E-state index is 7.10. The number of hydrogen-bond acceptors (Lipinski definition) is 12. The van der Waals surface area contributed by atoms with Crippen molar-refractivity contribution in [1.29, 1.82) is 0 Å². The summed E-state index contributed by atoms with van der Waals surface area (Å²) in [5.74, 6) is 2.85. The van der Waals surface area contributed by atoms with E-state index in [2.05, 4.69) is 5.32 Å². The van der Waals surface area contributed by atoms with E-state index in [1.165, 1.54) is 0 Å². The predicted octanol–water partition coefficient (Wildman–Crippen LogP) is 15.2. The lowest BCUT2D eigenvalue weighted by Crippen LogP contribution is -2.11. The number of nitrogens with zero attached hydrogens (tertiary/aromatic N) is 3. The Morgan fingerprint density at radius 3 is 1.28 bits per heavy atom. The molecule has 0 radical (unpaired) electrons.